The van der Waals surface area contributed by atoms with Gasteiger partial charge in [0.15, 0.2) is 0 Å². The van der Waals surface area contributed by atoms with E-state index in [1.807, 2.05) is 0 Å². The van der Waals surface area contributed by atoms with Gasteiger partial charge in [0.1, 0.15) is 0 Å². The fraction of sp³-hybridized carbons (Fsp3) is 0.812. The van der Waals surface area contributed by atoms with Gasteiger partial charge in [0.2, 0.25) is 0 Å². The van der Waals surface area contributed by atoms with E-state index in [9.17, 15) is 13.2 Å². The fourth-order valence-corrected chi connectivity index (χ4v) is 2.48. The number of carbonyl (C=O) groups is 1. The van der Waals surface area contributed by atoms with E-state index in [2.05, 4.69) is 10.8 Å². The molecule has 0 saturated carbocycles. The van der Waals surface area contributed by atoms with E-state index in [0.29, 0.717) is 13.2 Å². The third kappa shape index (κ3) is 17.2. The Morgan fingerprint density at radius 3 is 1.68 bits per heavy atom. The van der Waals surface area contributed by atoms with Crippen molar-refractivity contribution in [2.75, 3.05) is 19.5 Å². The third-order valence-electron chi connectivity index (χ3n) is 3.25. The quantitative estimate of drug-likeness (QED) is 0.198. The van der Waals surface area contributed by atoms with Crippen LogP contribution in [0.2, 0.25) is 0 Å². The van der Waals surface area contributed by atoms with Gasteiger partial charge in [-0.3, -0.25) is 4.18 Å². The van der Waals surface area contributed by atoms with E-state index >= 15 is 0 Å². The summed E-state index contributed by atoms with van der Waals surface area (Å²) in [6.45, 7) is 4.13. The zero-order valence-electron chi connectivity index (χ0n) is 13.7. The molecule has 0 aromatic carbocycles. The first-order valence-electron chi connectivity index (χ1n) is 8.09. The van der Waals surface area contributed by atoms with Gasteiger partial charge in [-0.15, -0.1) is 0 Å². The number of esters is 1. The summed E-state index contributed by atoms with van der Waals surface area (Å²) < 4.78 is 31.0. The van der Waals surface area contributed by atoms with E-state index < -0.39 is 10.1 Å². The molecular formula is C16H30O5S. The Hall–Kier alpha value is -0.880. The largest absolute Gasteiger partial charge is 0.463 e. The van der Waals surface area contributed by atoms with Crippen molar-refractivity contribution in [1.82, 2.24) is 0 Å². The molecule has 0 bridgehead atoms. The highest BCUT2D eigenvalue weighted by Gasteiger charge is 2.00. The van der Waals surface area contributed by atoms with Crippen LogP contribution in [0.3, 0.4) is 0 Å². The van der Waals surface area contributed by atoms with Crippen LogP contribution >= 0.6 is 0 Å². The molecule has 0 radical (unpaired) electrons. The van der Waals surface area contributed by atoms with E-state index in [-0.39, 0.29) is 5.97 Å². The van der Waals surface area contributed by atoms with Crippen LogP contribution in [0.5, 0.6) is 0 Å². The monoisotopic (exact) mass is 334 g/mol. The highest BCUT2D eigenvalue weighted by molar-refractivity contribution is 7.85. The lowest BCUT2D eigenvalue weighted by Gasteiger charge is -2.04. The molecule has 130 valence electrons. The third-order valence-corrected chi connectivity index (χ3v) is 3.84. The van der Waals surface area contributed by atoms with Crippen LogP contribution in [0.4, 0.5) is 0 Å². The van der Waals surface area contributed by atoms with Gasteiger partial charge in [0, 0.05) is 6.08 Å². The van der Waals surface area contributed by atoms with Crippen LogP contribution < -0.4 is 0 Å². The topological polar surface area (TPSA) is 69.7 Å². The van der Waals surface area contributed by atoms with Gasteiger partial charge in [-0.25, -0.2) is 4.79 Å². The molecule has 0 amide bonds. The van der Waals surface area contributed by atoms with Gasteiger partial charge >= 0.3 is 5.97 Å². The molecule has 0 aliphatic carbocycles. The lowest BCUT2D eigenvalue weighted by atomic mass is 10.1. The van der Waals surface area contributed by atoms with Crippen molar-refractivity contribution < 1.29 is 22.1 Å². The minimum absolute atomic E-state index is 0.301. The molecule has 0 aliphatic heterocycles. The molecule has 0 rings (SSSR count). The van der Waals surface area contributed by atoms with Crippen LogP contribution in [0.25, 0.3) is 0 Å². The van der Waals surface area contributed by atoms with Crippen molar-refractivity contribution in [3.63, 3.8) is 0 Å². The van der Waals surface area contributed by atoms with Gasteiger partial charge in [0.25, 0.3) is 10.1 Å². The lowest BCUT2D eigenvalue weighted by molar-refractivity contribution is -0.137. The van der Waals surface area contributed by atoms with Gasteiger partial charge in [0.05, 0.1) is 19.5 Å². The number of hydrogen-bond acceptors (Lipinski definition) is 5. The van der Waals surface area contributed by atoms with E-state index in [0.717, 1.165) is 38.4 Å². The maximum absolute atomic E-state index is 10.8. The SMILES string of the molecule is C=CC(=O)OCCCCCCCCCCCCOS(C)(=O)=O. The van der Waals surface area contributed by atoms with Crippen molar-refractivity contribution in [2.45, 2.75) is 64.2 Å². The van der Waals surface area contributed by atoms with Crippen LogP contribution in [0, 0.1) is 0 Å². The molecule has 0 unspecified atom stereocenters. The summed E-state index contributed by atoms with van der Waals surface area (Å²) in [6.07, 6.45) is 13.3. The molecule has 0 aromatic rings. The molecule has 0 N–H and O–H groups in total. The predicted octanol–water partition coefficient (Wildman–Crippen LogP) is 3.59. The van der Waals surface area contributed by atoms with E-state index in [4.69, 9.17) is 4.74 Å². The second-order valence-electron chi connectivity index (χ2n) is 5.43. The zero-order valence-corrected chi connectivity index (χ0v) is 14.5. The van der Waals surface area contributed by atoms with Crippen molar-refractivity contribution in [3.05, 3.63) is 12.7 Å². The van der Waals surface area contributed by atoms with Crippen LogP contribution in [0.1, 0.15) is 64.2 Å². The second kappa shape index (κ2) is 13.8. The maximum atomic E-state index is 10.8. The molecule has 6 heteroatoms. The summed E-state index contributed by atoms with van der Waals surface area (Å²) in [5.41, 5.74) is 0. The number of carbonyl (C=O) groups excluding carboxylic acids is 1. The summed E-state index contributed by atoms with van der Waals surface area (Å²) in [5.74, 6) is -0.345. The van der Waals surface area contributed by atoms with Crippen LogP contribution in [-0.2, 0) is 23.8 Å². The van der Waals surface area contributed by atoms with Crippen LogP contribution in [0.15, 0.2) is 12.7 Å². The molecule has 0 saturated heterocycles. The highest BCUT2D eigenvalue weighted by atomic mass is 32.2. The second-order valence-corrected chi connectivity index (χ2v) is 7.08. The number of rotatable bonds is 15. The fourth-order valence-electron chi connectivity index (χ4n) is 2.06. The zero-order chi connectivity index (χ0) is 16.7. The molecule has 5 nitrogen and oxygen atoms in total. The number of unbranched alkanes of at least 4 members (excludes halogenated alkanes) is 9. The normalized spacial score (nSPS) is 11.3. The first-order valence-corrected chi connectivity index (χ1v) is 9.91. The molecule has 0 fully saturated rings. The summed E-state index contributed by atoms with van der Waals surface area (Å²) in [4.78, 5) is 10.8. The van der Waals surface area contributed by atoms with Gasteiger partial charge in [-0.05, 0) is 12.8 Å². The first kappa shape index (κ1) is 21.1. The Labute approximate surface area is 135 Å². The maximum Gasteiger partial charge on any atom is 0.330 e. The summed E-state index contributed by atoms with van der Waals surface area (Å²) in [6, 6.07) is 0. The minimum atomic E-state index is -3.28. The molecule has 0 spiro atoms. The van der Waals surface area contributed by atoms with E-state index in [1.54, 1.807) is 0 Å². The Balaban J connectivity index is 3.11. The van der Waals surface area contributed by atoms with Gasteiger partial charge < -0.3 is 4.74 Å². The summed E-state index contributed by atoms with van der Waals surface area (Å²) in [7, 11) is -3.28. The minimum Gasteiger partial charge on any atom is -0.463 e. The van der Waals surface area contributed by atoms with Gasteiger partial charge in [-0.2, -0.15) is 8.42 Å². The molecule has 0 aliphatic rings. The van der Waals surface area contributed by atoms with Crippen molar-refractivity contribution >= 4 is 16.1 Å². The highest BCUT2D eigenvalue weighted by Crippen LogP contribution is 2.11. The van der Waals surface area contributed by atoms with Crippen molar-refractivity contribution in [3.8, 4) is 0 Å². The molecule has 0 aromatic heterocycles. The standard InChI is InChI=1S/C16H30O5S/c1-3-16(17)20-14-12-10-8-6-4-5-7-9-11-13-15-21-22(2,18)19/h3H,1,4-15H2,2H3. The smallest absolute Gasteiger partial charge is 0.330 e. The molecule has 0 heterocycles. The Morgan fingerprint density at radius 2 is 1.27 bits per heavy atom. The average Bonchev–Trinajstić information content (AvgIpc) is 2.46. The first-order chi connectivity index (χ1) is 10.5. The molecule has 0 atom stereocenters. The lowest BCUT2D eigenvalue weighted by Crippen LogP contribution is -2.03. The predicted molar refractivity (Wildman–Crippen MR) is 88.1 cm³/mol. The number of hydrogen-bond donors (Lipinski definition) is 0. The van der Waals surface area contributed by atoms with Crippen LogP contribution in [-0.4, -0.2) is 33.9 Å². The Kier molecular flexibility index (Phi) is 13.2. The van der Waals surface area contributed by atoms with Crippen molar-refractivity contribution in [1.29, 1.82) is 0 Å². The molecule has 22 heavy (non-hydrogen) atoms. The average molecular weight is 334 g/mol. The van der Waals surface area contributed by atoms with E-state index in [1.165, 1.54) is 38.2 Å². The summed E-state index contributed by atoms with van der Waals surface area (Å²) >= 11 is 0. The van der Waals surface area contributed by atoms with Crippen molar-refractivity contribution in [2.24, 2.45) is 0 Å². The summed E-state index contributed by atoms with van der Waals surface area (Å²) in [5, 5.41) is 0. The Bertz CT molecular complexity index is 389. The van der Waals surface area contributed by atoms with Gasteiger partial charge in [-0.1, -0.05) is 57.9 Å². The molecular weight excluding hydrogens is 304 g/mol. The number of ether oxygens (including phenoxy) is 1. The Morgan fingerprint density at radius 1 is 0.864 bits per heavy atom.